The maximum atomic E-state index is 11.3. The Bertz CT molecular complexity index is 387. The SMILES string of the molecule is C=C1NC(=O)C(C)=CN1C1C=CC(CO)O1. The third-order valence-electron chi connectivity index (χ3n) is 2.52. The Kier molecular flexibility index (Phi) is 2.80. The highest BCUT2D eigenvalue weighted by Gasteiger charge is 2.28. The molecular weight excluding hydrogens is 208 g/mol. The second-order valence-corrected chi connectivity index (χ2v) is 3.75. The van der Waals surface area contributed by atoms with Crippen molar-refractivity contribution in [3.05, 3.63) is 36.3 Å². The number of carbonyl (C=O) groups excluding carboxylic acids is 1. The number of nitrogens with zero attached hydrogens (tertiary/aromatic N) is 1. The first kappa shape index (κ1) is 10.9. The Balaban J connectivity index is 2.14. The van der Waals surface area contributed by atoms with E-state index in [1.807, 2.05) is 6.08 Å². The second kappa shape index (κ2) is 4.11. The van der Waals surface area contributed by atoms with Gasteiger partial charge in [0.05, 0.1) is 6.61 Å². The van der Waals surface area contributed by atoms with Crippen LogP contribution in [0.4, 0.5) is 0 Å². The van der Waals surface area contributed by atoms with Crippen molar-refractivity contribution in [2.24, 2.45) is 0 Å². The van der Waals surface area contributed by atoms with E-state index in [4.69, 9.17) is 9.84 Å². The molecule has 1 amide bonds. The van der Waals surface area contributed by atoms with Gasteiger partial charge >= 0.3 is 0 Å². The standard InChI is InChI=1S/C11H14N2O3/c1-7-5-13(8(2)12-11(7)15)10-4-3-9(6-14)16-10/h3-5,9-10,14H,2,6H2,1H3,(H,12,15). The summed E-state index contributed by atoms with van der Waals surface area (Å²) in [6, 6.07) is 0. The minimum atomic E-state index is -0.319. The van der Waals surface area contributed by atoms with Gasteiger partial charge in [-0.05, 0) is 13.0 Å². The van der Waals surface area contributed by atoms with E-state index in [9.17, 15) is 4.79 Å². The molecule has 0 aliphatic carbocycles. The predicted molar refractivity (Wildman–Crippen MR) is 57.8 cm³/mol. The fourth-order valence-electron chi connectivity index (χ4n) is 1.62. The lowest BCUT2D eigenvalue weighted by Crippen LogP contribution is -2.42. The van der Waals surface area contributed by atoms with Crippen molar-refractivity contribution in [2.45, 2.75) is 19.3 Å². The van der Waals surface area contributed by atoms with E-state index in [2.05, 4.69) is 11.9 Å². The van der Waals surface area contributed by atoms with E-state index in [0.717, 1.165) is 0 Å². The molecule has 86 valence electrons. The number of aliphatic hydroxyl groups is 1. The van der Waals surface area contributed by atoms with Gasteiger partial charge in [0, 0.05) is 11.8 Å². The molecule has 2 unspecified atom stereocenters. The fourth-order valence-corrected chi connectivity index (χ4v) is 1.62. The number of carbonyl (C=O) groups is 1. The molecule has 2 aliphatic rings. The fraction of sp³-hybridized carbons (Fsp3) is 0.364. The van der Waals surface area contributed by atoms with Gasteiger partial charge in [0.15, 0.2) is 6.23 Å². The van der Waals surface area contributed by atoms with Crippen LogP contribution in [-0.2, 0) is 9.53 Å². The molecule has 2 aliphatic heterocycles. The molecule has 0 aromatic carbocycles. The van der Waals surface area contributed by atoms with Crippen LogP contribution in [0.2, 0.25) is 0 Å². The molecule has 2 atom stereocenters. The average molecular weight is 222 g/mol. The molecule has 5 nitrogen and oxygen atoms in total. The Morgan fingerprint density at radius 3 is 3.00 bits per heavy atom. The lowest BCUT2D eigenvalue weighted by atomic mass is 10.2. The molecule has 0 spiro atoms. The number of nitrogens with one attached hydrogen (secondary N) is 1. The molecule has 0 aromatic rings. The highest BCUT2D eigenvalue weighted by atomic mass is 16.5. The van der Waals surface area contributed by atoms with Crippen LogP contribution in [-0.4, -0.2) is 34.9 Å². The lowest BCUT2D eigenvalue weighted by molar-refractivity contribution is -0.118. The van der Waals surface area contributed by atoms with Gasteiger partial charge in [0.1, 0.15) is 11.9 Å². The summed E-state index contributed by atoms with van der Waals surface area (Å²) in [4.78, 5) is 13.0. The second-order valence-electron chi connectivity index (χ2n) is 3.75. The monoisotopic (exact) mass is 222 g/mol. The quantitative estimate of drug-likeness (QED) is 0.649. The Hall–Kier alpha value is -1.59. The van der Waals surface area contributed by atoms with E-state index in [0.29, 0.717) is 11.4 Å². The summed E-state index contributed by atoms with van der Waals surface area (Å²) < 4.78 is 5.51. The molecule has 0 fully saturated rings. The molecule has 0 aromatic heterocycles. The van der Waals surface area contributed by atoms with Gasteiger partial charge in [-0.1, -0.05) is 12.7 Å². The predicted octanol–water partition coefficient (Wildman–Crippen LogP) is 0.0666. The normalized spacial score (nSPS) is 29.4. The van der Waals surface area contributed by atoms with Gasteiger partial charge in [-0.15, -0.1) is 0 Å². The number of hydrogen-bond acceptors (Lipinski definition) is 4. The largest absolute Gasteiger partial charge is 0.393 e. The van der Waals surface area contributed by atoms with Crippen molar-refractivity contribution in [3.8, 4) is 0 Å². The molecule has 0 saturated carbocycles. The van der Waals surface area contributed by atoms with Crippen LogP contribution >= 0.6 is 0 Å². The van der Waals surface area contributed by atoms with E-state index >= 15 is 0 Å². The highest BCUT2D eigenvalue weighted by Crippen LogP contribution is 2.21. The molecule has 5 heteroatoms. The number of aliphatic hydroxyl groups excluding tert-OH is 1. The number of hydrogen-bond donors (Lipinski definition) is 2. The zero-order chi connectivity index (χ0) is 11.7. The van der Waals surface area contributed by atoms with Crippen LogP contribution in [0.5, 0.6) is 0 Å². The topological polar surface area (TPSA) is 61.8 Å². The van der Waals surface area contributed by atoms with Gasteiger partial charge in [-0.25, -0.2) is 0 Å². The summed E-state index contributed by atoms with van der Waals surface area (Å²) >= 11 is 0. The Morgan fingerprint density at radius 1 is 1.62 bits per heavy atom. The molecule has 0 radical (unpaired) electrons. The first-order chi connectivity index (χ1) is 7.61. The van der Waals surface area contributed by atoms with Crippen LogP contribution in [0.25, 0.3) is 0 Å². The van der Waals surface area contributed by atoms with E-state index < -0.39 is 0 Å². The number of ether oxygens (including phenoxy) is 1. The molecule has 0 bridgehead atoms. The molecule has 2 N–H and O–H groups in total. The van der Waals surface area contributed by atoms with E-state index in [1.165, 1.54) is 0 Å². The maximum Gasteiger partial charge on any atom is 0.253 e. The van der Waals surface area contributed by atoms with Crippen molar-refractivity contribution in [1.29, 1.82) is 0 Å². The molecule has 0 saturated heterocycles. The minimum Gasteiger partial charge on any atom is -0.393 e. The third kappa shape index (κ3) is 1.87. The molecule has 2 heterocycles. The summed E-state index contributed by atoms with van der Waals surface area (Å²) in [5.74, 6) is 0.325. The molecule has 2 rings (SSSR count). The van der Waals surface area contributed by atoms with Crippen molar-refractivity contribution in [3.63, 3.8) is 0 Å². The highest BCUT2D eigenvalue weighted by molar-refractivity contribution is 5.94. The first-order valence-corrected chi connectivity index (χ1v) is 5.03. The van der Waals surface area contributed by atoms with Crippen molar-refractivity contribution < 1.29 is 14.6 Å². The minimum absolute atomic E-state index is 0.0532. The summed E-state index contributed by atoms with van der Waals surface area (Å²) in [7, 11) is 0. The average Bonchev–Trinajstić information content (AvgIpc) is 2.71. The summed E-state index contributed by atoms with van der Waals surface area (Å²) in [5.41, 5.74) is 0.594. The van der Waals surface area contributed by atoms with Crippen molar-refractivity contribution >= 4 is 5.91 Å². The number of rotatable bonds is 2. The first-order valence-electron chi connectivity index (χ1n) is 5.03. The van der Waals surface area contributed by atoms with E-state index in [-0.39, 0.29) is 24.8 Å². The number of amides is 1. The maximum absolute atomic E-state index is 11.3. The van der Waals surface area contributed by atoms with Crippen LogP contribution in [0.15, 0.2) is 36.3 Å². The molecule has 16 heavy (non-hydrogen) atoms. The Labute approximate surface area is 93.7 Å². The van der Waals surface area contributed by atoms with Gasteiger partial charge in [0.25, 0.3) is 5.91 Å². The van der Waals surface area contributed by atoms with Crippen LogP contribution in [0, 0.1) is 0 Å². The summed E-state index contributed by atoms with van der Waals surface area (Å²) in [5, 5.41) is 11.6. The zero-order valence-corrected chi connectivity index (χ0v) is 9.01. The van der Waals surface area contributed by atoms with Crippen LogP contribution in [0.1, 0.15) is 6.92 Å². The Morgan fingerprint density at radius 2 is 2.38 bits per heavy atom. The lowest BCUT2D eigenvalue weighted by Gasteiger charge is -2.32. The summed E-state index contributed by atoms with van der Waals surface area (Å²) in [6.07, 6.45) is 4.70. The van der Waals surface area contributed by atoms with E-state index in [1.54, 1.807) is 24.1 Å². The van der Waals surface area contributed by atoms with Crippen LogP contribution in [0.3, 0.4) is 0 Å². The van der Waals surface area contributed by atoms with Crippen molar-refractivity contribution in [2.75, 3.05) is 6.61 Å². The van der Waals surface area contributed by atoms with Crippen LogP contribution < -0.4 is 5.32 Å². The van der Waals surface area contributed by atoms with Crippen molar-refractivity contribution in [1.82, 2.24) is 10.2 Å². The van der Waals surface area contributed by atoms with Gasteiger partial charge in [0.2, 0.25) is 0 Å². The summed E-state index contributed by atoms with van der Waals surface area (Å²) in [6.45, 7) is 5.41. The zero-order valence-electron chi connectivity index (χ0n) is 9.01. The van der Waals surface area contributed by atoms with Gasteiger partial charge in [-0.2, -0.15) is 0 Å². The van der Waals surface area contributed by atoms with Gasteiger partial charge in [-0.3, -0.25) is 4.79 Å². The smallest absolute Gasteiger partial charge is 0.253 e. The molecular formula is C11H14N2O3. The van der Waals surface area contributed by atoms with Gasteiger partial charge < -0.3 is 20.1 Å². The third-order valence-corrected chi connectivity index (χ3v) is 2.52.